The van der Waals surface area contributed by atoms with E-state index in [1.807, 2.05) is 0 Å². The van der Waals surface area contributed by atoms with Crippen molar-refractivity contribution in [2.45, 2.75) is 20.0 Å². The van der Waals surface area contributed by atoms with Crippen molar-refractivity contribution in [2.75, 3.05) is 12.4 Å². The second-order valence-electron chi connectivity index (χ2n) is 3.73. The minimum absolute atomic E-state index is 0.0243. The monoisotopic (exact) mass is 241 g/mol. The van der Waals surface area contributed by atoms with E-state index in [2.05, 4.69) is 5.10 Å². The van der Waals surface area contributed by atoms with E-state index in [-0.39, 0.29) is 17.6 Å². The number of hydrogen-bond donors (Lipinski definition) is 0. The minimum atomic E-state index is -0.108. The first kappa shape index (κ1) is 11.1. The van der Waals surface area contributed by atoms with Gasteiger partial charge in [0, 0.05) is 6.54 Å². The second-order valence-corrected chi connectivity index (χ2v) is 4.00. The molecule has 2 rings (SSSR count). The van der Waals surface area contributed by atoms with Crippen molar-refractivity contribution in [1.82, 2.24) is 14.7 Å². The Bertz CT molecular complexity index is 441. The standard InChI is InChI=1S/C10H12ClN3O2/c1-7(15)8-5-12-14-3-2-13(6-9(8)14)10(16)4-11/h5H,2-4,6H2,1H3. The van der Waals surface area contributed by atoms with Gasteiger partial charge in [0.15, 0.2) is 5.78 Å². The van der Waals surface area contributed by atoms with E-state index in [0.29, 0.717) is 25.2 Å². The van der Waals surface area contributed by atoms with Crippen LogP contribution in [0.15, 0.2) is 6.20 Å². The molecule has 2 heterocycles. The Hall–Kier alpha value is -1.36. The average molecular weight is 242 g/mol. The normalized spacial score (nSPS) is 14.8. The Morgan fingerprint density at radius 2 is 2.25 bits per heavy atom. The summed E-state index contributed by atoms with van der Waals surface area (Å²) >= 11 is 5.51. The van der Waals surface area contributed by atoms with Crippen LogP contribution in [0.4, 0.5) is 0 Å². The summed E-state index contributed by atoms with van der Waals surface area (Å²) in [6.45, 7) is 3.13. The van der Waals surface area contributed by atoms with Crippen LogP contribution in [0.3, 0.4) is 0 Å². The molecule has 1 aliphatic rings. The molecule has 0 atom stereocenters. The molecule has 0 unspecified atom stereocenters. The van der Waals surface area contributed by atoms with Crippen LogP contribution in [0.1, 0.15) is 23.0 Å². The van der Waals surface area contributed by atoms with Gasteiger partial charge in [-0.3, -0.25) is 14.3 Å². The van der Waals surface area contributed by atoms with Crippen LogP contribution in [0.2, 0.25) is 0 Å². The molecule has 1 aliphatic heterocycles. The zero-order valence-electron chi connectivity index (χ0n) is 8.94. The van der Waals surface area contributed by atoms with Gasteiger partial charge in [0.05, 0.1) is 30.5 Å². The number of amides is 1. The molecule has 16 heavy (non-hydrogen) atoms. The summed E-state index contributed by atoms with van der Waals surface area (Å²) < 4.78 is 1.77. The lowest BCUT2D eigenvalue weighted by atomic mass is 10.1. The molecule has 1 aromatic rings. The van der Waals surface area contributed by atoms with Gasteiger partial charge in [-0.25, -0.2) is 0 Å². The fourth-order valence-electron chi connectivity index (χ4n) is 1.84. The van der Waals surface area contributed by atoms with Crippen LogP contribution in [0.25, 0.3) is 0 Å². The van der Waals surface area contributed by atoms with E-state index in [4.69, 9.17) is 11.6 Å². The van der Waals surface area contributed by atoms with Gasteiger partial charge in [0.1, 0.15) is 5.88 Å². The lowest BCUT2D eigenvalue weighted by Crippen LogP contribution is -2.39. The van der Waals surface area contributed by atoms with Crippen LogP contribution in [-0.2, 0) is 17.9 Å². The molecular weight excluding hydrogens is 230 g/mol. The van der Waals surface area contributed by atoms with Crippen molar-refractivity contribution in [2.24, 2.45) is 0 Å². The fraction of sp³-hybridized carbons (Fsp3) is 0.500. The molecule has 0 fully saturated rings. The maximum atomic E-state index is 11.5. The van der Waals surface area contributed by atoms with Crippen LogP contribution in [-0.4, -0.2) is 38.8 Å². The SMILES string of the molecule is CC(=O)c1cnn2c1CN(C(=O)CCl)CC2. The van der Waals surface area contributed by atoms with Crippen molar-refractivity contribution < 1.29 is 9.59 Å². The lowest BCUT2D eigenvalue weighted by Gasteiger charge is -2.27. The fourth-order valence-corrected chi connectivity index (χ4v) is 2.01. The number of carbonyl (C=O) groups is 2. The number of fused-ring (bicyclic) bond motifs is 1. The van der Waals surface area contributed by atoms with Crippen molar-refractivity contribution in [3.05, 3.63) is 17.5 Å². The second kappa shape index (κ2) is 4.25. The minimum Gasteiger partial charge on any atom is -0.334 e. The Balaban J connectivity index is 2.27. The van der Waals surface area contributed by atoms with Crippen LogP contribution >= 0.6 is 11.6 Å². The summed E-state index contributed by atoms with van der Waals surface area (Å²) in [7, 11) is 0. The molecule has 0 radical (unpaired) electrons. The predicted molar refractivity (Wildman–Crippen MR) is 58.4 cm³/mol. The molecule has 1 aromatic heterocycles. The zero-order valence-corrected chi connectivity index (χ0v) is 9.70. The molecule has 0 saturated carbocycles. The summed E-state index contributed by atoms with van der Waals surface area (Å²) in [5.41, 5.74) is 1.39. The van der Waals surface area contributed by atoms with E-state index in [9.17, 15) is 9.59 Å². The highest BCUT2D eigenvalue weighted by Gasteiger charge is 2.24. The van der Waals surface area contributed by atoms with Crippen LogP contribution < -0.4 is 0 Å². The third-order valence-electron chi connectivity index (χ3n) is 2.72. The number of Topliss-reactive ketones (excluding diaryl/α,β-unsaturated/α-hetero) is 1. The first-order chi connectivity index (χ1) is 7.63. The Labute approximate surface area is 98.0 Å². The number of ketones is 1. The number of alkyl halides is 1. The maximum absolute atomic E-state index is 11.5. The zero-order chi connectivity index (χ0) is 11.7. The maximum Gasteiger partial charge on any atom is 0.237 e. The third-order valence-corrected chi connectivity index (χ3v) is 2.95. The first-order valence-electron chi connectivity index (χ1n) is 5.03. The van der Waals surface area contributed by atoms with Crippen molar-refractivity contribution in [1.29, 1.82) is 0 Å². The number of halogens is 1. The lowest BCUT2D eigenvalue weighted by molar-refractivity contribution is -0.129. The van der Waals surface area contributed by atoms with E-state index >= 15 is 0 Å². The molecule has 1 amide bonds. The van der Waals surface area contributed by atoms with Gasteiger partial charge in [-0.05, 0) is 6.92 Å². The van der Waals surface area contributed by atoms with Gasteiger partial charge < -0.3 is 4.90 Å². The number of hydrogen-bond acceptors (Lipinski definition) is 3. The molecule has 0 N–H and O–H groups in total. The third kappa shape index (κ3) is 1.82. The number of aromatic nitrogens is 2. The average Bonchev–Trinajstić information content (AvgIpc) is 2.70. The number of rotatable bonds is 2. The van der Waals surface area contributed by atoms with E-state index < -0.39 is 0 Å². The highest BCUT2D eigenvalue weighted by molar-refractivity contribution is 6.27. The molecule has 86 valence electrons. The summed E-state index contributed by atoms with van der Waals surface area (Å²) in [6.07, 6.45) is 1.56. The molecule has 0 bridgehead atoms. The smallest absolute Gasteiger partial charge is 0.237 e. The number of nitrogens with zero attached hydrogens (tertiary/aromatic N) is 3. The van der Waals surface area contributed by atoms with Crippen molar-refractivity contribution in [3.8, 4) is 0 Å². The highest BCUT2D eigenvalue weighted by atomic mass is 35.5. The predicted octanol–water partition coefficient (Wildman–Crippen LogP) is 0.667. The summed E-state index contributed by atoms with van der Waals surface area (Å²) in [4.78, 5) is 24.4. The largest absolute Gasteiger partial charge is 0.334 e. The van der Waals surface area contributed by atoms with Crippen LogP contribution in [0.5, 0.6) is 0 Å². The topological polar surface area (TPSA) is 55.2 Å². The van der Waals surface area contributed by atoms with Gasteiger partial charge >= 0.3 is 0 Å². The Kier molecular flexibility index (Phi) is 2.96. The van der Waals surface area contributed by atoms with E-state index in [1.165, 1.54) is 6.92 Å². The molecule has 0 aliphatic carbocycles. The number of carbonyl (C=O) groups excluding carboxylic acids is 2. The molecule has 0 saturated heterocycles. The summed E-state index contributed by atoms with van der Waals surface area (Å²) in [5, 5.41) is 4.12. The molecular formula is C10H12ClN3O2. The molecule has 0 spiro atoms. The Morgan fingerprint density at radius 1 is 1.50 bits per heavy atom. The first-order valence-corrected chi connectivity index (χ1v) is 5.56. The molecule has 5 nitrogen and oxygen atoms in total. The van der Waals surface area contributed by atoms with Crippen molar-refractivity contribution >= 4 is 23.3 Å². The Morgan fingerprint density at radius 3 is 2.88 bits per heavy atom. The van der Waals surface area contributed by atoms with Crippen molar-refractivity contribution in [3.63, 3.8) is 0 Å². The quantitative estimate of drug-likeness (QED) is 0.565. The molecule has 0 aromatic carbocycles. The van der Waals surface area contributed by atoms with Crippen LogP contribution in [0, 0.1) is 0 Å². The summed E-state index contributed by atoms with van der Waals surface area (Å²) in [5.74, 6) is -0.158. The van der Waals surface area contributed by atoms with E-state index in [0.717, 1.165) is 5.69 Å². The summed E-state index contributed by atoms with van der Waals surface area (Å²) in [6, 6.07) is 0. The van der Waals surface area contributed by atoms with E-state index in [1.54, 1.807) is 15.8 Å². The molecule has 6 heteroatoms. The highest BCUT2D eigenvalue weighted by Crippen LogP contribution is 2.17. The van der Waals surface area contributed by atoms with Gasteiger partial charge in [-0.2, -0.15) is 5.10 Å². The van der Waals surface area contributed by atoms with Gasteiger partial charge in [0.2, 0.25) is 5.91 Å². The van der Waals surface area contributed by atoms with Gasteiger partial charge in [-0.15, -0.1) is 11.6 Å². The van der Waals surface area contributed by atoms with Gasteiger partial charge in [0.25, 0.3) is 0 Å². The van der Waals surface area contributed by atoms with Gasteiger partial charge in [-0.1, -0.05) is 0 Å².